The maximum Gasteiger partial charge on any atom is 0.331 e. The summed E-state index contributed by atoms with van der Waals surface area (Å²) in [4.78, 5) is 42.6. The number of phenolic OH excluding ortho intramolecular Hbond substituents is 1. The number of esters is 1. The number of hydrogen-bond donors (Lipinski definition) is 2. The number of anilines is 1. The van der Waals surface area contributed by atoms with Gasteiger partial charge in [-0.3, -0.25) is 14.9 Å². The zero-order valence-electron chi connectivity index (χ0n) is 18.5. The highest BCUT2D eigenvalue weighted by Gasteiger charge is 2.69. The highest BCUT2D eigenvalue weighted by Crippen LogP contribution is 2.54. The van der Waals surface area contributed by atoms with E-state index in [2.05, 4.69) is 5.32 Å². The molecule has 2 saturated heterocycles. The number of carbonyl (C=O) groups is 3. The second kappa shape index (κ2) is 8.43. The van der Waals surface area contributed by atoms with Crippen molar-refractivity contribution < 1.29 is 24.2 Å². The fourth-order valence-corrected chi connectivity index (χ4v) is 5.22. The van der Waals surface area contributed by atoms with Crippen molar-refractivity contribution in [3.8, 4) is 5.75 Å². The lowest BCUT2D eigenvalue weighted by Crippen LogP contribution is -2.54. The second-order valence-corrected chi connectivity index (χ2v) is 8.46. The van der Waals surface area contributed by atoms with Gasteiger partial charge in [-0.25, -0.2) is 9.69 Å². The molecule has 2 heterocycles. The number of amides is 2. The number of carbonyl (C=O) groups excluding carboxylic acids is 3. The summed E-state index contributed by atoms with van der Waals surface area (Å²) in [5.74, 6) is -3.21. The monoisotopic (exact) mass is 456 g/mol. The molecule has 0 unspecified atom stereocenters. The summed E-state index contributed by atoms with van der Waals surface area (Å²) in [5, 5.41) is 13.1. The highest BCUT2D eigenvalue weighted by molar-refractivity contribution is 6.24. The molecule has 0 spiro atoms. The summed E-state index contributed by atoms with van der Waals surface area (Å²) in [6, 6.07) is 23.4. The first kappa shape index (κ1) is 21.9. The van der Waals surface area contributed by atoms with Crippen LogP contribution in [0.4, 0.5) is 5.69 Å². The number of benzene rings is 3. The average Bonchev–Trinajstić information content (AvgIpc) is 3.35. The van der Waals surface area contributed by atoms with Gasteiger partial charge in [-0.2, -0.15) is 0 Å². The quantitative estimate of drug-likeness (QED) is 0.452. The van der Waals surface area contributed by atoms with Crippen molar-refractivity contribution in [3.63, 3.8) is 0 Å². The Labute approximate surface area is 197 Å². The molecular weight excluding hydrogens is 432 g/mol. The summed E-state index contributed by atoms with van der Waals surface area (Å²) < 4.78 is 5.50. The van der Waals surface area contributed by atoms with Crippen LogP contribution in [0.2, 0.25) is 0 Å². The molecule has 7 heteroatoms. The van der Waals surface area contributed by atoms with Crippen molar-refractivity contribution in [3.05, 3.63) is 96.1 Å². The van der Waals surface area contributed by atoms with Crippen LogP contribution in [0.5, 0.6) is 5.75 Å². The first-order valence-corrected chi connectivity index (χ1v) is 11.2. The lowest BCUT2D eigenvalue weighted by molar-refractivity contribution is -0.155. The Kier molecular flexibility index (Phi) is 5.42. The summed E-state index contributed by atoms with van der Waals surface area (Å²) in [7, 11) is 0. The predicted molar refractivity (Wildman–Crippen MR) is 125 cm³/mol. The third kappa shape index (κ3) is 3.20. The first-order valence-electron chi connectivity index (χ1n) is 11.2. The van der Waals surface area contributed by atoms with E-state index in [1.54, 1.807) is 67.6 Å². The second-order valence-electron chi connectivity index (χ2n) is 8.46. The molecule has 172 valence electrons. The number of nitrogens with one attached hydrogen (secondary N) is 1. The maximum absolute atomic E-state index is 13.9. The fraction of sp³-hybridized carbons (Fsp3) is 0.222. The van der Waals surface area contributed by atoms with Gasteiger partial charge in [0.05, 0.1) is 24.1 Å². The van der Waals surface area contributed by atoms with Gasteiger partial charge in [-0.05, 0) is 42.3 Å². The molecule has 2 fully saturated rings. The molecule has 0 aromatic heterocycles. The molecule has 7 nitrogen and oxygen atoms in total. The molecule has 0 saturated carbocycles. The minimum absolute atomic E-state index is 0.0812. The van der Waals surface area contributed by atoms with Crippen LogP contribution in [-0.4, -0.2) is 29.5 Å². The molecule has 2 aliphatic heterocycles. The Hall–Kier alpha value is -3.97. The molecule has 5 rings (SSSR count). The maximum atomic E-state index is 13.9. The van der Waals surface area contributed by atoms with Crippen molar-refractivity contribution in [1.29, 1.82) is 0 Å². The van der Waals surface area contributed by atoms with Crippen LogP contribution >= 0.6 is 0 Å². The minimum atomic E-state index is -1.55. The van der Waals surface area contributed by atoms with Gasteiger partial charge < -0.3 is 9.84 Å². The normalized spacial score (nSPS) is 25.9. The van der Waals surface area contributed by atoms with Gasteiger partial charge in [0.2, 0.25) is 11.8 Å². The molecule has 0 radical (unpaired) electrons. The van der Waals surface area contributed by atoms with Crippen LogP contribution in [-0.2, 0) is 24.7 Å². The van der Waals surface area contributed by atoms with E-state index in [-0.39, 0.29) is 18.3 Å². The number of phenols is 1. The Bertz CT molecular complexity index is 1230. The largest absolute Gasteiger partial charge is 0.508 e. The Balaban J connectivity index is 1.72. The smallest absolute Gasteiger partial charge is 0.331 e. The molecular formula is C27H24N2O5. The standard InChI is InChI=1S/C27H24N2O5/c1-2-34-26(33)27(18-9-5-3-6-10-18)22-21(23(28-27)17-13-15-20(30)16-14-17)24(31)29(25(22)32)19-11-7-4-8-12-19/h3-16,21-23,28,30H,2H2,1H3/t21-,22+,23+,27+/m0/s1. The number of rotatable bonds is 5. The average molecular weight is 456 g/mol. The number of ether oxygens (including phenoxy) is 1. The summed E-state index contributed by atoms with van der Waals surface area (Å²) in [5.41, 5.74) is 0.148. The van der Waals surface area contributed by atoms with Crippen molar-refractivity contribution >= 4 is 23.5 Å². The van der Waals surface area contributed by atoms with Crippen molar-refractivity contribution in [2.24, 2.45) is 11.8 Å². The fourth-order valence-electron chi connectivity index (χ4n) is 5.22. The van der Waals surface area contributed by atoms with Crippen LogP contribution in [0.3, 0.4) is 0 Å². The molecule has 3 aromatic rings. The number of imide groups is 1. The van der Waals surface area contributed by atoms with E-state index >= 15 is 0 Å². The molecule has 2 N–H and O–H groups in total. The van der Waals surface area contributed by atoms with Crippen LogP contribution in [0.15, 0.2) is 84.9 Å². The Morgan fingerprint density at radius 1 is 0.941 bits per heavy atom. The van der Waals surface area contributed by atoms with Gasteiger partial charge in [0, 0.05) is 6.04 Å². The Morgan fingerprint density at radius 2 is 1.56 bits per heavy atom. The van der Waals surface area contributed by atoms with Gasteiger partial charge in [0.25, 0.3) is 0 Å². The van der Waals surface area contributed by atoms with Crippen LogP contribution in [0.25, 0.3) is 0 Å². The third-order valence-electron chi connectivity index (χ3n) is 6.65. The summed E-state index contributed by atoms with van der Waals surface area (Å²) >= 11 is 0. The van der Waals surface area contributed by atoms with Gasteiger partial charge >= 0.3 is 5.97 Å². The Morgan fingerprint density at radius 3 is 2.18 bits per heavy atom. The van der Waals surface area contributed by atoms with Crippen LogP contribution < -0.4 is 10.2 Å². The van der Waals surface area contributed by atoms with Crippen molar-refractivity contribution in [2.75, 3.05) is 11.5 Å². The molecule has 2 amide bonds. The van der Waals surface area contributed by atoms with E-state index in [9.17, 15) is 19.5 Å². The number of hydrogen-bond acceptors (Lipinski definition) is 6. The summed E-state index contributed by atoms with van der Waals surface area (Å²) in [6.45, 7) is 1.83. The van der Waals surface area contributed by atoms with Gasteiger partial charge in [-0.1, -0.05) is 60.7 Å². The lowest BCUT2D eigenvalue weighted by Gasteiger charge is -2.33. The molecule has 0 bridgehead atoms. The topological polar surface area (TPSA) is 95.9 Å². The van der Waals surface area contributed by atoms with Gasteiger partial charge in [-0.15, -0.1) is 0 Å². The van der Waals surface area contributed by atoms with Gasteiger partial charge in [0.1, 0.15) is 5.75 Å². The van der Waals surface area contributed by atoms with Crippen LogP contribution in [0, 0.1) is 11.8 Å². The van der Waals surface area contributed by atoms with Gasteiger partial charge in [0.15, 0.2) is 5.54 Å². The SMILES string of the molecule is CCOC(=O)[C@]1(c2ccccc2)N[C@H](c2ccc(O)cc2)[C@H]2C(=O)N(c3ccccc3)C(=O)[C@@H]21. The molecule has 3 aromatic carbocycles. The van der Waals surface area contributed by atoms with Crippen molar-refractivity contribution in [2.45, 2.75) is 18.5 Å². The van der Waals surface area contributed by atoms with E-state index in [0.717, 1.165) is 0 Å². The predicted octanol–water partition coefficient (Wildman–Crippen LogP) is 3.30. The number of fused-ring (bicyclic) bond motifs is 1. The van der Waals surface area contributed by atoms with E-state index < -0.39 is 35.3 Å². The number of aromatic hydroxyl groups is 1. The highest BCUT2D eigenvalue weighted by atomic mass is 16.5. The number of nitrogens with zero attached hydrogens (tertiary/aromatic N) is 1. The zero-order chi connectivity index (χ0) is 23.9. The molecule has 34 heavy (non-hydrogen) atoms. The summed E-state index contributed by atoms with van der Waals surface area (Å²) in [6.07, 6.45) is 0. The lowest BCUT2D eigenvalue weighted by atomic mass is 9.75. The van der Waals surface area contributed by atoms with Crippen LogP contribution in [0.1, 0.15) is 24.1 Å². The van der Waals surface area contributed by atoms with E-state index in [4.69, 9.17) is 4.74 Å². The molecule has 0 aliphatic carbocycles. The molecule has 2 aliphatic rings. The van der Waals surface area contributed by atoms with Crippen molar-refractivity contribution in [1.82, 2.24) is 5.32 Å². The number of para-hydroxylation sites is 1. The van der Waals surface area contributed by atoms with E-state index in [1.807, 2.05) is 12.1 Å². The first-order chi connectivity index (χ1) is 16.5. The van der Waals surface area contributed by atoms with E-state index in [1.165, 1.54) is 17.0 Å². The third-order valence-corrected chi connectivity index (χ3v) is 6.65. The zero-order valence-corrected chi connectivity index (χ0v) is 18.5. The molecule has 4 atom stereocenters. The van der Waals surface area contributed by atoms with E-state index in [0.29, 0.717) is 16.8 Å². The minimum Gasteiger partial charge on any atom is -0.508 e.